The molecule has 2 aromatic rings. The van der Waals surface area contributed by atoms with E-state index in [2.05, 4.69) is 4.98 Å². The second kappa shape index (κ2) is 5.55. The Bertz CT molecular complexity index is 725. The molecule has 0 fully saturated rings. The highest BCUT2D eigenvalue weighted by atomic mass is 35.5. The molecule has 100 valence electrons. The maximum atomic E-state index is 11.0. The van der Waals surface area contributed by atoms with Crippen LogP contribution in [0.2, 0.25) is 5.02 Å². The van der Waals surface area contributed by atoms with Gasteiger partial charge in [-0.15, -0.1) is 0 Å². The smallest absolute Gasteiger partial charge is 0.313 e. The Morgan fingerprint density at radius 1 is 1.40 bits per heavy atom. The van der Waals surface area contributed by atoms with Crippen LogP contribution in [-0.2, 0) is 0 Å². The van der Waals surface area contributed by atoms with E-state index in [1.165, 1.54) is 24.3 Å². The predicted octanol–water partition coefficient (Wildman–Crippen LogP) is 3.62. The minimum atomic E-state index is -0.608. The molecule has 1 heterocycles. The Morgan fingerprint density at radius 3 is 2.80 bits per heavy atom. The number of aromatic nitrogens is 1. The minimum Gasteiger partial charge on any atom is -0.429 e. The number of ether oxygens (including phenoxy) is 1. The molecule has 0 spiro atoms. The molecule has 0 bridgehead atoms. The number of nitro benzene ring substituents is 1. The molecule has 6 nitrogen and oxygen atoms in total. The quantitative estimate of drug-likeness (QED) is 0.636. The van der Waals surface area contributed by atoms with Crippen molar-refractivity contribution in [3.63, 3.8) is 0 Å². The number of benzene rings is 1. The molecule has 0 radical (unpaired) electrons. The first-order chi connectivity index (χ1) is 9.52. The third-order valence-corrected chi connectivity index (χ3v) is 2.76. The Labute approximate surface area is 119 Å². The highest BCUT2D eigenvalue weighted by molar-refractivity contribution is 6.32. The second-order valence-electron chi connectivity index (χ2n) is 3.86. The third kappa shape index (κ3) is 2.68. The van der Waals surface area contributed by atoms with Crippen LogP contribution in [0.15, 0.2) is 30.3 Å². The molecule has 0 atom stereocenters. The Morgan fingerprint density at radius 2 is 2.15 bits per heavy atom. The van der Waals surface area contributed by atoms with Crippen LogP contribution in [0.4, 0.5) is 5.69 Å². The zero-order chi connectivity index (χ0) is 14.7. The normalized spacial score (nSPS) is 9.85. The number of hydrogen-bond acceptors (Lipinski definition) is 5. The van der Waals surface area contributed by atoms with E-state index in [0.29, 0.717) is 5.69 Å². The van der Waals surface area contributed by atoms with E-state index in [1.54, 1.807) is 13.0 Å². The van der Waals surface area contributed by atoms with Gasteiger partial charge in [0.15, 0.2) is 0 Å². The van der Waals surface area contributed by atoms with E-state index in [4.69, 9.17) is 21.6 Å². The van der Waals surface area contributed by atoms with Gasteiger partial charge >= 0.3 is 5.69 Å². The summed E-state index contributed by atoms with van der Waals surface area (Å²) in [5, 5.41) is 20.0. The number of halogens is 1. The molecule has 0 unspecified atom stereocenters. The number of nitro groups is 1. The number of hydrogen-bond donors (Lipinski definition) is 0. The zero-order valence-corrected chi connectivity index (χ0v) is 11.1. The first kappa shape index (κ1) is 13.8. The lowest BCUT2D eigenvalue weighted by Gasteiger charge is -2.08. The van der Waals surface area contributed by atoms with Crippen LogP contribution in [0.1, 0.15) is 11.3 Å². The Kier molecular flexibility index (Phi) is 3.82. The van der Waals surface area contributed by atoms with E-state index in [9.17, 15) is 10.1 Å². The summed E-state index contributed by atoms with van der Waals surface area (Å²) >= 11 is 5.92. The van der Waals surface area contributed by atoms with Gasteiger partial charge in [0.2, 0.25) is 11.6 Å². The Balaban J connectivity index is 2.53. The summed E-state index contributed by atoms with van der Waals surface area (Å²) in [6.07, 6.45) is 0. The fourth-order valence-corrected chi connectivity index (χ4v) is 1.74. The molecule has 0 N–H and O–H groups in total. The average molecular weight is 290 g/mol. The fraction of sp³-hybridized carbons (Fsp3) is 0.0769. The van der Waals surface area contributed by atoms with Gasteiger partial charge in [0, 0.05) is 11.8 Å². The van der Waals surface area contributed by atoms with Crippen LogP contribution in [0.25, 0.3) is 0 Å². The molecule has 20 heavy (non-hydrogen) atoms. The van der Waals surface area contributed by atoms with Crippen LogP contribution in [0, 0.1) is 28.4 Å². The van der Waals surface area contributed by atoms with Gasteiger partial charge in [-0.1, -0.05) is 17.7 Å². The first-order valence-corrected chi connectivity index (χ1v) is 5.89. The van der Waals surface area contributed by atoms with Crippen LogP contribution in [0.5, 0.6) is 11.6 Å². The fourth-order valence-electron chi connectivity index (χ4n) is 1.53. The summed E-state index contributed by atoms with van der Waals surface area (Å²) in [6, 6.07) is 9.26. The van der Waals surface area contributed by atoms with Crippen molar-refractivity contribution >= 4 is 17.3 Å². The van der Waals surface area contributed by atoms with Crippen LogP contribution in [0.3, 0.4) is 0 Å². The number of rotatable bonds is 3. The molecule has 0 saturated carbocycles. The summed E-state index contributed by atoms with van der Waals surface area (Å²) in [5.74, 6) is -0.141. The molecule has 2 rings (SSSR count). The maximum absolute atomic E-state index is 11.0. The number of nitriles is 1. The molecule has 0 aliphatic carbocycles. The van der Waals surface area contributed by atoms with Crippen molar-refractivity contribution in [2.45, 2.75) is 6.92 Å². The van der Waals surface area contributed by atoms with Gasteiger partial charge in [-0.2, -0.15) is 5.26 Å². The topological polar surface area (TPSA) is 89.0 Å². The third-order valence-electron chi connectivity index (χ3n) is 2.46. The lowest BCUT2D eigenvalue weighted by molar-refractivity contribution is -0.385. The molecular weight excluding hydrogens is 282 g/mol. The van der Waals surface area contributed by atoms with Gasteiger partial charge in [-0.3, -0.25) is 10.1 Å². The average Bonchev–Trinajstić information content (AvgIpc) is 2.41. The van der Waals surface area contributed by atoms with Crippen LogP contribution < -0.4 is 4.74 Å². The van der Waals surface area contributed by atoms with Crippen LogP contribution in [-0.4, -0.2) is 9.91 Å². The van der Waals surface area contributed by atoms with Gasteiger partial charge in [0.05, 0.1) is 9.95 Å². The zero-order valence-electron chi connectivity index (χ0n) is 10.3. The van der Waals surface area contributed by atoms with Gasteiger partial charge < -0.3 is 4.74 Å². The summed E-state index contributed by atoms with van der Waals surface area (Å²) in [7, 11) is 0. The summed E-state index contributed by atoms with van der Waals surface area (Å²) in [5.41, 5.74) is 0.503. The molecular formula is C13H8ClN3O3. The first-order valence-electron chi connectivity index (χ1n) is 5.51. The number of aryl methyl sites for hydroxylation is 1. The molecule has 1 aromatic heterocycles. The highest BCUT2D eigenvalue weighted by Crippen LogP contribution is 2.37. The van der Waals surface area contributed by atoms with Crippen molar-refractivity contribution < 1.29 is 9.66 Å². The van der Waals surface area contributed by atoms with Crippen molar-refractivity contribution in [2.75, 3.05) is 0 Å². The minimum absolute atomic E-state index is 0.0105. The predicted molar refractivity (Wildman–Crippen MR) is 71.9 cm³/mol. The van der Waals surface area contributed by atoms with Crippen molar-refractivity contribution in [3.8, 4) is 17.7 Å². The second-order valence-corrected chi connectivity index (χ2v) is 4.27. The molecule has 0 aliphatic rings. The van der Waals surface area contributed by atoms with Crippen molar-refractivity contribution in [3.05, 3.63) is 56.7 Å². The lowest BCUT2D eigenvalue weighted by atomic mass is 10.2. The van der Waals surface area contributed by atoms with E-state index in [1.807, 2.05) is 6.07 Å². The van der Waals surface area contributed by atoms with E-state index in [0.717, 1.165) is 0 Å². The largest absolute Gasteiger partial charge is 0.429 e. The van der Waals surface area contributed by atoms with Crippen molar-refractivity contribution in [2.24, 2.45) is 0 Å². The van der Waals surface area contributed by atoms with Crippen LogP contribution >= 0.6 is 11.6 Å². The maximum Gasteiger partial charge on any atom is 0.313 e. The summed E-state index contributed by atoms with van der Waals surface area (Å²) < 4.78 is 5.40. The summed E-state index contributed by atoms with van der Waals surface area (Å²) in [4.78, 5) is 14.4. The number of nitrogens with zero attached hydrogens (tertiary/aromatic N) is 3. The van der Waals surface area contributed by atoms with Gasteiger partial charge in [0.1, 0.15) is 11.6 Å². The lowest BCUT2D eigenvalue weighted by Crippen LogP contribution is -1.98. The van der Waals surface area contributed by atoms with E-state index < -0.39 is 4.92 Å². The molecule has 0 amide bonds. The van der Waals surface area contributed by atoms with Gasteiger partial charge in [-0.25, -0.2) is 4.98 Å². The van der Waals surface area contributed by atoms with E-state index in [-0.39, 0.29) is 27.9 Å². The van der Waals surface area contributed by atoms with Gasteiger partial charge in [0.25, 0.3) is 0 Å². The molecule has 1 aromatic carbocycles. The Hall–Kier alpha value is -2.65. The molecule has 0 aliphatic heterocycles. The number of pyridine rings is 1. The number of para-hydroxylation sites is 1. The summed E-state index contributed by atoms with van der Waals surface area (Å²) in [6.45, 7) is 1.72. The standard InChI is InChI=1S/C13H8ClN3O3/c1-8-5-6-9(7-15)13(16-8)20-12-10(14)3-2-4-11(12)17(18)19/h2-6H,1H3. The van der Waals surface area contributed by atoms with E-state index >= 15 is 0 Å². The van der Waals surface area contributed by atoms with Gasteiger partial charge in [-0.05, 0) is 25.1 Å². The molecule has 7 heteroatoms. The highest BCUT2D eigenvalue weighted by Gasteiger charge is 2.20. The monoisotopic (exact) mass is 289 g/mol. The molecule has 0 saturated heterocycles. The van der Waals surface area contributed by atoms with Crippen molar-refractivity contribution in [1.29, 1.82) is 5.26 Å². The SMILES string of the molecule is Cc1ccc(C#N)c(Oc2c(Cl)cccc2[N+](=O)[O-])n1. The van der Waals surface area contributed by atoms with Crippen molar-refractivity contribution in [1.82, 2.24) is 4.98 Å².